The van der Waals surface area contributed by atoms with Crippen LogP contribution in [0.5, 0.6) is 0 Å². The largest absolute Gasteiger partial charge is 0.192 e. The predicted octanol–water partition coefficient (Wildman–Crippen LogP) is 7.65. The van der Waals surface area contributed by atoms with E-state index in [9.17, 15) is 5.26 Å². The standard InChI is InChI=1S/C23H19N3S3/c1-2-3-4-5-6-17-7-8-20(27-17)21-11-12-23(29-21)22-10-9-19(28-22)18(15-26)16(13-24)14-25/h7-12H,2-6H2,1H3. The lowest BCUT2D eigenvalue weighted by Gasteiger charge is -1.96. The summed E-state index contributed by atoms with van der Waals surface area (Å²) in [6.45, 7) is 2.23. The normalized spacial score (nSPS) is 10.1. The van der Waals surface area contributed by atoms with Crippen molar-refractivity contribution in [1.82, 2.24) is 0 Å². The summed E-state index contributed by atoms with van der Waals surface area (Å²) in [6.07, 6.45) is 6.27. The number of hydrogen-bond donors (Lipinski definition) is 0. The molecule has 0 unspecified atom stereocenters. The van der Waals surface area contributed by atoms with E-state index in [1.54, 1.807) is 23.5 Å². The molecule has 3 aromatic rings. The lowest BCUT2D eigenvalue weighted by atomic mass is 10.1. The molecule has 0 saturated carbocycles. The molecule has 3 rings (SSSR count). The summed E-state index contributed by atoms with van der Waals surface area (Å²) in [4.78, 5) is 6.79. The van der Waals surface area contributed by atoms with Crippen LogP contribution >= 0.6 is 34.0 Å². The molecule has 0 aromatic carbocycles. The Bertz CT molecular complexity index is 1120. The third-order valence-corrected chi connectivity index (χ3v) is 8.19. The minimum absolute atomic E-state index is 0.141. The Balaban J connectivity index is 1.77. The van der Waals surface area contributed by atoms with E-state index in [2.05, 4.69) is 31.2 Å². The molecule has 0 radical (unpaired) electrons. The van der Waals surface area contributed by atoms with Crippen LogP contribution in [0.4, 0.5) is 0 Å². The highest BCUT2D eigenvalue weighted by molar-refractivity contribution is 7.26. The first kappa shape index (κ1) is 21.0. The van der Waals surface area contributed by atoms with E-state index in [0.717, 1.165) is 16.2 Å². The number of hydrogen-bond acceptors (Lipinski definition) is 6. The number of thiophene rings is 3. The van der Waals surface area contributed by atoms with Gasteiger partial charge >= 0.3 is 0 Å². The molecule has 0 spiro atoms. The fourth-order valence-corrected chi connectivity index (χ4v) is 6.19. The molecular weight excluding hydrogens is 414 g/mol. The lowest BCUT2D eigenvalue weighted by Crippen LogP contribution is -1.81. The Morgan fingerprint density at radius 1 is 0.724 bits per heavy atom. The molecule has 3 heterocycles. The van der Waals surface area contributed by atoms with Crippen molar-refractivity contribution in [2.24, 2.45) is 0 Å². The SMILES string of the molecule is CCCCCCc1ccc(-c2ccc(-c3ccc(C(C#N)=C(C#N)C#N)s3)s2)s1. The average molecular weight is 434 g/mol. The Morgan fingerprint density at radius 3 is 2.00 bits per heavy atom. The third-order valence-electron chi connectivity index (χ3n) is 4.47. The van der Waals surface area contributed by atoms with Crippen molar-refractivity contribution in [2.75, 3.05) is 0 Å². The zero-order valence-corrected chi connectivity index (χ0v) is 18.5. The van der Waals surface area contributed by atoms with Crippen LogP contribution in [0.2, 0.25) is 0 Å². The quantitative estimate of drug-likeness (QED) is 0.270. The fourth-order valence-electron chi connectivity index (χ4n) is 2.95. The second-order valence-electron chi connectivity index (χ2n) is 6.49. The van der Waals surface area contributed by atoms with Crippen LogP contribution in [0.3, 0.4) is 0 Å². The van der Waals surface area contributed by atoms with Gasteiger partial charge in [-0.15, -0.1) is 34.0 Å². The van der Waals surface area contributed by atoms with Crippen LogP contribution in [0.1, 0.15) is 42.4 Å². The molecule has 144 valence electrons. The highest BCUT2D eigenvalue weighted by atomic mass is 32.1. The van der Waals surface area contributed by atoms with Crippen molar-refractivity contribution in [1.29, 1.82) is 15.8 Å². The molecule has 0 bridgehead atoms. The summed E-state index contributed by atoms with van der Waals surface area (Å²) >= 11 is 5.03. The second kappa shape index (κ2) is 10.2. The van der Waals surface area contributed by atoms with Gasteiger partial charge in [-0.2, -0.15) is 15.8 Å². The van der Waals surface area contributed by atoms with E-state index in [-0.39, 0.29) is 11.1 Å². The van der Waals surface area contributed by atoms with E-state index in [1.165, 1.54) is 51.7 Å². The molecule has 6 heteroatoms. The fraction of sp³-hybridized carbons (Fsp3) is 0.261. The summed E-state index contributed by atoms with van der Waals surface area (Å²) in [7, 11) is 0. The number of rotatable bonds is 8. The zero-order valence-electron chi connectivity index (χ0n) is 16.1. The molecule has 0 aliphatic carbocycles. The maximum atomic E-state index is 9.34. The molecular formula is C23H19N3S3. The molecule has 0 saturated heterocycles. The van der Waals surface area contributed by atoms with Crippen molar-refractivity contribution in [2.45, 2.75) is 39.0 Å². The minimum Gasteiger partial charge on any atom is -0.192 e. The van der Waals surface area contributed by atoms with Gasteiger partial charge in [-0.05, 0) is 49.2 Å². The lowest BCUT2D eigenvalue weighted by molar-refractivity contribution is 0.670. The van der Waals surface area contributed by atoms with Crippen molar-refractivity contribution in [3.8, 4) is 37.7 Å². The summed E-state index contributed by atoms with van der Waals surface area (Å²) in [5.41, 5.74) is 0.00632. The van der Waals surface area contributed by atoms with Gasteiger partial charge in [0.05, 0.1) is 5.57 Å². The zero-order chi connectivity index (χ0) is 20.6. The first-order chi connectivity index (χ1) is 14.2. The molecule has 0 N–H and O–H groups in total. The third kappa shape index (κ3) is 5.03. The molecule has 29 heavy (non-hydrogen) atoms. The Hall–Kier alpha value is -2.69. The number of aryl methyl sites for hydroxylation is 1. The topological polar surface area (TPSA) is 71.4 Å². The second-order valence-corrected chi connectivity index (χ2v) is 9.83. The number of nitrogens with zero attached hydrogens (tertiary/aromatic N) is 3. The number of nitriles is 3. The van der Waals surface area contributed by atoms with E-state index in [4.69, 9.17) is 10.5 Å². The van der Waals surface area contributed by atoms with Crippen LogP contribution in [0.25, 0.3) is 25.1 Å². The van der Waals surface area contributed by atoms with Crippen LogP contribution in [0.15, 0.2) is 42.0 Å². The van der Waals surface area contributed by atoms with Gasteiger partial charge < -0.3 is 0 Å². The van der Waals surface area contributed by atoms with Gasteiger partial charge in [0.25, 0.3) is 0 Å². The van der Waals surface area contributed by atoms with E-state index < -0.39 is 0 Å². The summed E-state index contributed by atoms with van der Waals surface area (Å²) < 4.78 is 0. The van der Waals surface area contributed by atoms with Gasteiger partial charge in [-0.25, -0.2) is 0 Å². The van der Waals surface area contributed by atoms with Crippen LogP contribution < -0.4 is 0 Å². The van der Waals surface area contributed by atoms with Crippen molar-refractivity contribution >= 4 is 39.6 Å². The molecule has 0 aliphatic rings. The van der Waals surface area contributed by atoms with Crippen LogP contribution in [-0.2, 0) is 6.42 Å². The summed E-state index contributed by atoms with van der Waals surface area (Å²) in [6, 6.07) is 18.1. The van der Waals surface area contributed by atoms with Crippen LogP contribution in [0, 0.1) is 34.0 Å². The van der Waals surface area contributed by atoms with Crippen molar-refractivity contribution < 1.29 is 0 Å². The van der Waals surface area contributed by atoms with Crippen molar-refractivity contribution in [3.63, 3.8) is 0 Å². The van der Waals surface area contributed by atoms with E-state index in [0.29, 0.717) is 4.88 Å². The van der Waals surface area contributed by atoms with Crippen LogP contribution in [-0.4, -0.2) is 0 Å². The smallest absolute Gasteiger partial charge is 0.148 e. The Kier molecular flexibility index (Phi) is 7.39. The molecule has 0 aliphatic heterocycles. The van der Waals surface area contributed by atoms with Gasteiger partial charge in [0, 0.05) is 29.3 Å². The first-order valence-electron chi connectivity index (χ1n) is 9.44. The maximum Gasteiger partial charge on any atom is 0.148 e. The average Bonchev–Trinajstić information content (AvgIpc) is 3.49. The van der Waals surface area contributed by atoms with Gasteiger partial charge in [0.1, 0.15) is 23.8 Å². The summed E-state index contributed by atoms with van der Waals surface area (Å²) in [5.74, 6) is 0. The molecule has 0 atom stereocenters. The first-order valence-corrected chi connectivity index (χ1v) is 11.9. The van der Waals surface area contributed by atoms with E-state index >= 15 is 0 Å². The predicted molar refractivity (Wildman–Crippen MR) is 123 cm³/mol. The number of unbranched alkanes of at least 4 members (excludes halogenated alkanes) is 3. The molecule has 3 nitrogen and oxygen atoms in total. The van der Waals surface area contributed by atoms with Gasteiger partial charge in [-0.1, -0.05) is 26.2 Å². The number of allylic oxidation sites excluding steroid dienone is 2. The van der Waals surface area contributed by atoms with Gasteiger partial charge in [0.2, 0.25) is 0 Å². The van der Waals surface area contributed by atoms with Gasteiger partial charge in [0.15, 0.2) is 0 Å². The molecule has 0 amide bonds. The Labute approximate surface area is 183 Å². The van der Waals surface area contributed by atoms with Gasteiger partial charge in [-0.3, -0.25) is 0 Å². The minimum atomic E-state index is -0.141. The maximum absolute atomic E-state index is 9.34. The molecule has 0 fully saturated rings. The highest BCUT2D eigenvalue weighted by Gasteiger charge is 2.14. The van der Waals surface area contributed by atoms with E-state index in [1.807, 2.05) is 29.5 Å². The molecule has 3 aromatic heterocycles. The van der Waals surface area contributed by atoms with Crippen molar-refractivity contribution in [3.05, 3.63) is 51.7 Å². The Morgan fingerprint density at radius 2 is 1.34 bits per heavy atom. The monoisotopic (exact) mass is 433 g/mol. The summed E-state index contributed by atoms with van der Waals surface area (Å²) in [5, 5.41) is 27.4. The highest BCUT2D eigenvalue weighted by Crippen LogP contribution is 2.41.